The van der Waals surface area contributed by atoms with Crippen LogP contribution in [0.1, 0.15) is 17.9 Å². The van der Waals surface area contributed by atoms with Gasteiger partial charge in [-0.1, -0.05) is 12.1 Å². The molecule has 6 heteroatoms. The lowest BCUT2D eigenvalue weighted by molar-refractivity contribution is -0.117. The number of hydrogen-bond acceptors (Lipinski definition) is 3. The Morgan fingerprint density at radius 3 is 2.54 bits per heavy atom. The lowest BCUT2D eigenvalue weighted by atomic mass is 10.1. The highest BCUT2D eigenvalue weighted by Crippen LogP contribution is 2.47. The summed E-state index contributed by atoms with van der Waals surface area (Å²) in [6.07, 6.45) is 3.89. The molecule has 1 heterocycles. The standard InChI is InChI=1S/C18H15FN4O/c19-13-3-1-12(2-4-13)16-9-17(16)18(24)22-14-5-7-15(8-6-14)23-11-20-10-21-23/h1-8,10-11,16-17H,9H2,(H,22,24). The average molecular weight is 322 g/mol. The third-order valence-electron chi connectivity index (χ3n) is 4.24. The maximum Gasteiger partial charge on any atom is 0.228 e. The van der Waals surface area contributed by atoms with Crippen molar-refractivity contribution in [3.63, 3.8) is 0 Å². The average Bonchev–Trinajstić information content (AvgIpc) is 3.21. The van der Waals surface area contributed by atoms with Crippen LogP contribution in [0.25, 0.3) is 5.69 Å². The molecule has 2 atom stereocenters. The van der Waals surface area contributed by atoms with Crippen molar-refractivity contribution in [2.24, 2.45) is 5.92 Å². The third kappa shape index (κ3) is 2.90. The molecular weight excluding hydrogens is 307 g/mol. The minimum atomic E-state index is -0.257. The van der Waals surface area contributed by atoms with Crippen LogP contribution in [0.4, 0.5) is 10.1 Å². The van der Waals surface area contributed by atoms with Gasteiger partial charge in [0.05, 0.1) is 5.69 Å². The Hall–Kier alpha value is -3.02. The number of hydrogen-bond donors (Lipinski definition) is 1. The van der Waals surface area contributed by atoms with Crippen molar-refractivity contribution in [3.8, 4) is 5.69 Å². The normalized spacial score (nSPS) is 19.0. The van der Waals surface area contributed by atoms with Crippen LogP contribution in [0.3, 0.4) is 0 Å². The predicted octanol–water partition coefficient (Wildman–Crippen LogP) is 3.15. The zero-order valence-corrected chi connectivity index (χ0v) is 12.8. The van der Waals surface area contributed by atoms with E-state index in [-0.39, 0.29) is 23.6 Å². The molecule has 1 aliphatic rings. The van der Waals surface area contributed by atoms with Gasteiger partial charge >= 0.3 is 0 Å². The van der Waals surface area contributed by atoms with Crippen LogP contribution < -0.4 is 5.32 Å². The van der Waals surface area contributed by atoms with Crippen LogP contribution in [-0.4, -0.2) is 20.7 Å². The number of anilines is 1. The molecule has 5 nitrogen and oxygen atoms in total. The van der Waals surface area contributed by atoms with Crippen LogP contribution in [0, 0.1) is 11.7 Å². The minimum Gasteiger partial charge on any atom is -0.326 e. The number of carbonyl (C=O) groups excluding carboxylic acids is 1. The first-order chi connectivity index (χ1) is 11.7. The van der Waals surface area contributed by atoms with E-state index in [1.807, 2.05) is 24.3 Å². The number of amides is 1. The fourth-order valence-corrected chi connectivity index (χ4v) is 2.84. The Morgan fingerprint density at radius 1 is 1.12 bits per heavy atom. The quantitative estimate of drug-likeness (QED) is 0.803. The molecule has 120 valence electrons. The number of halogens is 1. The van der Waals surface area contributed by atoms with Gasteiger partial charge in [-0.2, -0.15) is 5.10 Å². The minimum absolute atomic E-state index is 0.00201. The maximum absolute atomic E-state index is 13.0. The molecule has 0 spiro atoms. The van der Waals surface area contributed by atoms with Gasteiger partial charge in [-0.15, -0.1) is 0 Å². The van der Waals surface area contributed by atoms with Crippen molar-refractivity contribution in [1.82, 2.24) is 14.8 Å². The highest BCUT2D eigenvalue weighted by Gasteiger charge is 2.43. The van der Waals surface area contributed by atoms with Gasteiger partial charge in [0.1, 0.15) is 18.5 Å². The largest absolute Gasteiger partial charge is 0.326 e. The predicted molar refractivity (Wildman–Crippen MR) is 87.2 cm³/mol. The van der Waals surface area contributed by atoms with E-state index in [1.54, 1.807) is 23.1 Å². The Balaban J connectivity index is 1.39. The van der Waals surface area contributed by atoms with E-state index in [1.165, 1.54) is 18.5 Å². The summed E-state index contributed by atoms with van der Waals surface area (Å²) in [5.74, 6) is -0.129. The molecule has 3 aromatic rings. The van der Waals surface area contributed by atoms with E-state index in [9.17, 15) is 9.18 Å². The summed E-state index contributed by atoms with van der Waals surface area (Å²) in [5, 5.41) is 6.99. The van der Waals surface area contributed by atoms with E-state index >= 15 is 0 Å². The topological polar surface area (TPSA) is 59.8 Å². The molecule has 1 N–H and O–H groups in total. The monoisotopic (exact) mass is 322 g/mol. The number of carbonyl (C=O) groups is 1. The van der Waals surface area contributed by atoms with Crippen LogP contribution in [0.2, 0.25) is 0 Å². The van der Waals surface area contributed by atoms with E-state index in [0.717, 1.165) is 23.4 Å². The van der Waals surface area contributed by atoms with E-state index < -0.39 is 0 Å². The molecule has 1 fully saturated rings. The van der Waals surface area contributed by atoms with Gasteiger partial charge < -0.3 is 5.32 Å². The number of nitrogens with one attached hydrogen (secondary N) is 1. The molecule has 0 bridgehead atoms. The summed E-state index contributed by atoms with van der Waals surface area (Å²) in [6.45, 7) is 0. The molecule has 0 radical (unpaired) electrons. The van der Waals surface area contributed by atoms with Gasteiger partial charge in [0.25, 0.3) is 0 Å². The Labute approximate surface area is 138 Å². The van der Waals surface area contributed by atoms with Crippen LogP contribution >= 0.6 is 0 Å². The molecule has 0 saturated heterocycles. The lowest BCUT2D eigenvalue weighted by Gasteiger charge is -2.06. The van der Waals surface area contributed by atoms with Crippen molar-refractivity contribution in [1.29, 1.82) is 0 Å². The van der Waals surface area contributed by atoms with E-state index in [0.29, 0.717) is 0 Å². The number of nitrogens with zero attached hydrogens (tertiary/aromatic N) is 3. The number of aromatic nitrogens is 3. The second kappa shape index (κ2) is 5.88. The summed E-state index contributed by atoms with van der Waals surface area (Å²) < 4.78 is 14.6. The fourth-order valence-electron chi connectivity index (χ4n) is 2.84. The maximum atomic E-state index is 13.0. The van der Waals surface area contributed by atoms with Gasteiger partial charge in [-0.25, -0.2) is 14.1 Å². The Kier molecular flexibility index (Phi) is 3.57. The van der Waals surface area contributed by atoms with Crippen molar-refractivity contribution < 1.29 is 9.18 Å². The molecular formula is C18H15FN4O. The van der Waals surface area contributed by atoms with Gasteiger partial charge in [0, 0.05) is 11.6 Å². The summed E-state index contributed by atoms with van der Waals surface area (Å²) in [6, 6.07) is 13.8. The first-order valence-electron chi connectivity index (χ1n) is 7.72. The van der Waals surface area contributed by atoms with Crippen molar-refractivity contribution in [3.05, 3.63) is 72.6 Å². The molecule has 4 rings (SSSR count). The summed E-state index contributed by atoms with van der Waals surface area (Å²) in [7, 11) is 0. The molecule has 2 aromatic carbocycles. The van der Waals surface area contributed by atoms with Crippen molar-refractivity contribution in [2.75, 3.05) is 5.32 Å². The second-order valence-electron chi connectivity index (χ2n) is 5.88. The zero-order chi connectivity index (χ0) is 16.5. The summed E-state index contributed by atoms with van der Waals surface area (Å²) in [4.78, 5) is 16.2. The van der Waals surface area contributed by atoms with Crippen LogP contribution in [0.5, 0.6) is 0 Å². The first kappa shape index (κ1) is 14.6. The smallest absolute Gasteiger partial charge is 0.228 e. The SMILES string of the molecule is O=C(Nc1ccc(-n2cncn2)cc1)C1CC1c1ccc(F)cc1. The van der Waals surface area contributed by atoms with Gasteiger partial charge in [-0.05, 0) is 54.3 Å². The number of benzene rings is 2. The lowest BCUT2D eigenvalue weighted by Crippen LogP contribution is -2.14. The van der Waals surface area contributed by atoms with E-state index in [2.05, 4.69) is 15.4 Å². The Bertz CT molecular complexity index is 844. The molecule has 2 unspecified atom stereocenters. The van der Waals surface area contributed by atoms with Crippen LogP contribution in [0.15, 0.2) is 61.2 Å². The zero-order valence-electron chi connectivity index (χ0n) is 12.8. The first-order valence-corrected chi connectivity index (χ1v) is 7.72. The highest BCUT2D eigenvalue weighted by molar-refractivity contribution is 5.95. The molecule has 0 aliphatic heterocycles. The Morgan fingerprint density at radius 2 is 1.88 bits per heavy atom. The third-order valence-corrected chi connectivity index (χ3v) is 4.24. The molecule has 1 amide bonds. The van der Waals surface area contributed by atoms with Gasteiger partial charge in [0.2, 0.25) is 5.91 Å². The van der Waals surface area contributed by atoms with Gasteiger partial charge in [0.15, 0.2) is 0 Å². The van der Waals surface area contributed by atoms with Gasteiger partial charge in [-0.3, -0.25) is 4.79 Å². The van der Waals surface area contributed by atoms with Crippen molar-refractivity contribution >= 4 is 11.6 Å². The second-order valence-corrected chi connectivity index (χ2v) is 5.88. The van der Waals surface area contributed by atoms with E-state index in [4.69, 9.17) is 0 Å². The number of rotatable bonds is 4. The van der Waals surface area contributed by atoms with Crippen molar-refractivity contribution in [2.45, 2.75) is 12.3 Å². The molecule has 1 aliphatic carbocycles. The van der Waals surface area contributed by atoms with Crippen LogP contribution in [-0.2, 0) is 4.79 Å². The molecule has 1 saturated carbocycles. The molecule has 1 aromatic heterocycles. The highest BCUT2D eigenvalue weighted by atomic mass is 19.1. The molecule has 24 heavy (non-hydrogen) atoms. The summed E-state index contributed by atoms with van der Waals surface area (Å²) in [5.41, 5.74) is 2.63. The summed E-state index contributed by atoms with van der Waals surface area (Å²) >= 11 is 0. The fraction of sp³-hybridized carbons (Fsp3) is 0.167.